The summed E-state index contributed by atoms with van der Waals surface area (Å²) in [4.78, 5) is 19.0. The monoisotopic (exact) mass is 470 g/mol. The molecule has 29 heavy (non-hydrogen) atoms. The zero-order valence-electron chi connectivity index (χ0n) is 15.7. The van der Waals surface area contributed by atoms with Gasteiger partial charge >= 0.3 is 0 Å². The second-order valence-electron chi connectivity index (χ2n) is 6.98. The topological polar surface area (TPSA) is 61.9 Å². The van der Waals surface area contributed by atoms with Crippen LogP contribution in [0.2, 0.25) is 0 Å². The fourth-order valence-corrected chi connectivity index (χ4v) is 3.93. The van der Waals surface area contributed by atoms with Gasteiger partial charge in [-0.15, -0.1) is 12.4 Å². The smallest absolute Gasteiger partial charge is 0.228 e. The summed E-state index contributed by atoms with van der Waals surface area (Å²) in [5.74, 6) is 0.118. The van der Waals surface area contributed by atoms with Crippen molar-refractivity contribution in [1.29, 1.82) is 5.26 Å². The zero-order chi connectivity index (χ0) is 19.5. The van der Waals surface area contributed by atoms with Crippen molar-refractivity contribution in [1.82, 2.24) is 14.5 Å². The van der Waals surface area contributed by atoms with Crippen LogP contribution in [0.4, 0.5) is 0 Å². The second-order valence-corrected chi connectivity index (χ2v) is 7.89. The number of halogens is 2. The maximum absolute atomic E-state index is 12.9. The van der Waals surface area contributed by atoms with Crippen LogP contribution in [0, 0.1) is 11.3 Å². The van der Waals surface area contributed by atoms with Gasteiger partial charge in [-0.3, -0.25) is 4.79 Å². The highest BCUT2D eigenvalue weighted by molar-refractivity contribution is 9.10. The number of benzene rings is 2. The lowest BCUT2D eigenvalue weighted by Crippen LogP contribution is -2.37. The summed E-state index contributed by atoms with van der Waals surface area (Å²) in [6.07, 6.45) is 4.73. The lowest BCUT2D eigenvalue weighted by molar-refractivity contribution is -0.131. The van der Waals surface area contributed by atoms with Crippen molar-refractivity contribution in [3.63, 3.8) is 0 Å². The van der Waals surface area contributed by atoms with Gasteiger partial charge in [-0.2, -0.15) is 5.26 Å². The third-order valence-corrected chi connectivity index (χ3v) is 5.59. The number of fused-ring (bicyclic) bond motifs is 1. The molecular weight excluding hydrogens is 452 g/mol. The third-order valence-electron chi connectivity index (χ3n) is 5.10. The van der Waals surface area contributed by atoms with Crippen LogP contribution in [-0.2, 0) is 30.7 Å². The van der Waals surface area contributed by atoms with E-state index in [9.17, 15) is 4.79 Å². The van der Waals surface area contributed by atoms with E-state index in [0.717, 1.165) is 28.7 Å². The molecule has 0 N–H and O–H groups in total. The molecule has 0 saturated heterocycles. The number of nitriles is 1. The summed E-state index contributed by atoms with van der Waals surface area (Å²) in [7, 11) is 0. The lowest BCUT2D eigenvalue weighted by Gasteiger charge is -2.29. The Labute approximate surface area is 184 Å². The number of amides is 1. The van der Waals surface area contributed by atoms with Gasteiger partial charge in [0.25, 0.3) is 0 Å². The van der Waals surface area contributed by atoms with E-state index >= 15 is 0 Å². The SMILES string of the molecule is Cl.N#Cc1ccc(Cn2cncc2CC(=O)N2CCc3ccc(Br)cc3C2)cc1. The number of carbonyl (C=O) groups is 1. The number of carbonyl (C=O) groups excluding carboxylic acids is 1. The molecule has 5 nitrogen and oxygen atoms in total. The summed E-state index contributed by atoms with van der Waals surface area (Å²) >= 11 is 3.51. The average molecular weight is 472 g/mol. The van der Waals surface area contributed by atoms with Crippen molar-refractivity contribution in [2.24, 2.45) is 0 Å². The van der Waals surface area contributed by atoms with Crippen LogP contribution in [0.5, 0.6) is 0 Å². The number of hydrogen-bond acceptors (Lipinski definition) is 3. The molecule has 2 heterocycles. The Morgan fingerprint density at radius 3 is 2.72 bits per heavy atom. The van der Waals surface area contributed by atoms with Gasteiger partial charge in [-0.1, -0.05) is 34.1 Å². The number of rotatable bonds is 4. The minimum atomic E-state index is 0. The van der Waals surface area contributed by atoms with Crippen LogP contribution in [-0.4, -0.2) is 26.9 Å². The quantitative estimate of drug-likeness (QED) is 0.575. The molecule has 0 bridgehead atoms. The molecule has 0 radical (unpaired) electrons. The molecule has 0 aliphatic carbocycles. The summed E-state index contributed by atoms with van der Waals surface area (Å²) in [6.45, 7) is 2.03. The molecule has 0 fully saturated rings. The molecule has 2 aromatic carbocycles. The molecule has 4 rings (SSSR count). The van der Waals surface area contributed by atoms with Gasteiger partial charge in [0.2, 0.25) is 5.91 Å². The van der Waals surface area contributed by atoms with E-state index in [0.29, 0.717) is 25.1 Å². The van der Waals surface area contributed by atoms with Crippen LogP contribution in [0.3, 0.4) is 0 Å². The second kappa shape index (κ2) is 9.25. The number of hydrogen-bond donors (Lipinski definition) is 0. The Morgan fingerprint density at radius 1 is 1.17 bits per heavy atom. The molecular formula is C22H20BrClN4O. The van der Waals surface area contributed by atoms with Gasteiger partial charge in [0.15, 0.2) is 0 Å². The summed E-state index contributed by atoms with van der Waals surface area (Å²) in [5.41, 5.74) is 5.14. The minimum absolute atomic E-state index is 0. The Kier molecular flexibility index (Phi) is 6.73. The third kappa shape index (κ3) is 4.87. The summed E-state index contributed by atoms with van der Waals surface area (Å²) < 4.78 is 3.04. The molecule has 1 aliphatic heterocycles. The fourth-order valence-electron chi connectivity index (χ4n) is 3.52. The Morgan fingerprint density at radius 2 is 1.97 bits per heavy atom. The first kappa shape index (κ1) is 21.1. The lowest BCUT2D eigenvalue weighted by atomic mass is 9.99. The number of nitrogens with zero attached hydrogens (tertiary/aromatic N) is 4. The van der Waals surface area contributed by atoms with E-state index < -0.39 is 0 Å². The van der Waals surface area contributed by atoms with E-state index in [1.54, 1.807) is 24.7 Å². The van der Waals surface area contributed by atoms with Crippen LogP contribution >= 0.6 is 28.3 Å². The van der Waals surface area contributed by atoms with E-state index in [1.165, 1.54) is 11.1 Å². The first-order valence-electron chi connectivity index (χ1n) is 9.15. The predicted octanol–water partition coefficient (Wildman–Crippen LogP) is 4.11. The first-order chi connectivity index (χ1) is 13.6. The van der Waals surface area contributed by atoms with Gasteiger partial charge in [-0.25, -0.2) is 4.98 Å². The van der Waals surface area contributed by atoms with Gasteiger partial charge in [-0.05, 0) is 47.4 Å². The average Bonchev–Trinajstić information content (AvgIpc) is 3.14. The van der Waals surface area contributed by atoms with Crippen LogP contribution in [0.1, 0.15) is 27.9 Å². The van der Waals surface area contributed by atoms with Gasteiger partial charge < -0.3 is 9.47 Å². The number of imidazole rings is 1. The van der Waals surface area contributed by atoms with Crippen LogP contribution in [0.25, 0.3) is 0 Å². The van der Waals surface area contributed by atoms with Gasteiger partial charge in [0.05, 0.1) is 24.4 Å². The van der Waals surface area contributed by atoms with Crippen molar-refractivity contribution >= 4 is 34.2 Å². The van der Waals surface area contributed by atoms with E-state index in [-0.39, 0.29) is 18.3 Å². The molecule has 3 aromatic rings. The molecule has 1 aliphatic rings. The normalized spacial score (nSPS) is 12.6. The van der Waals surface area contributed by atoms with E-state index in [4.69, 9.17) is 5.26 Å². The van der Waals surface area contributed by atoms with Crippen molar-refractivity contribution in [2.45, 2.75) is 25.9 Å². The molecule has 1 amide bonds. The van der Waals surface area contributed by atoms with E-state index in [2.05, 4.69) is 45.2 Å². The molecule has 1 aromatic heterocycles. The van der Waals surface area contributed by atoms with Crippen LogP contribution in [0.15, 0.2) is 59.5 Å². The van der Waals surface area contributed by atoms with Crippen molar-refractivity contribution in [3.8, 4) is 6.07 Å². The largest absolute Gasteiger partial charge is 0.338 e. The summed E-state index contributed by atoms with van der Waals surface area (Å²) in [6, 6.07) is 15.9. The highest BCUT2D eigenvalue weighted by atomic mass is 79.9. The minimum Gasteiger partial charge on any atom is -0.338 e. The maximum Gasteiger partial charge on any atom is 0.228 e. The molecule has 0 atom stereocenters. The molecule has 0 saturated carbocycles. The zero-order valence-corrected chi connectivity index (χ0v) is 18.1. The Balaban J connectivity index is 0.00000240. The van der Waals surface area contributed by atoms with Gasteiger partial charge in [0, 0.05) is 36.0 Å². The summed E-state index contributed by atoms with van der Waals surface area (Å²) in [5, 5.41) is 8.92. The fraction of sp³-hybridized carbons (Fsp3) is 0.227. The van der Waals surface area contributed by atoms with Crippen molar-refractivity contribution in [2.75, 3.05) is 6.54 Å². The van der Waals surface area contributed by atoms with Crippen molar-refractivity contribution < 1.29 is 4.79 Å². The highest BCUT2D eigenvalue weighted by Gasteiger charge is 2.22. The molecule has 7 heteroatoms. The van der Waals surface area contributed by atoms with Crippen molar-refractivity contribution in [3.05, 3.63) is 87.4 Å². The molecule has 0 unspecified atom stereocenters. The van der Waals surface area contributed by atoms with Gasteiger partial charge in [0.1, 0.15) is 0 Å². The molecule has 148 valence electrons. The molecule has 0 spiro atoms. The van der Waals surface area contributed by atoms with E-state index in [1.807, 2.05) is 21.6 Å². The standard InChI is InChI=1S/C22H19BrN4O.ClH/c23-20-6-5-18-7-8-26(14-19(18)9-20)22(28)10-21-12-25-15-27(21)13-17-3-1-16(11-24)2-4-17;/h1-6,9,12,15H,7-8,10,13-14H2;1H. The maximum atomic E-state index is 12.9. The first-order valence-corrected chi connectivity index (χ1v) is 9.95. The van der Waals surface area contributed by atoms with Crippen LogP contribution < -0.4 is 0 Å². The highest BCUT2D eigenvalue weighted by Crippen LogP contribution is 2.23. The predicted molar refractivity (Wildman–Crippen MR) is 117 cm³/mol. The Hall–Kier alpha value is -2.62. The number of aromatic nitrogens is 2. The Bertz CT molecular complexity index is 1060.